The van der Waals surface area contributed by atoms with Crippen molar-refractivity contribution in [1.29, 1.82) is 0 Å². The van der Waals surface area contributed by atoms with Crippen molar-refractivity contribution in [3.05, 3.63) is 77.1 Å². The van der Waals surface area contributed by atoms with Gasteiger partial charge in [-0.15, -0.1) is 12.6 Å². The van der Waals surface area contributed by atoms with E-state index in [9.17, 15) is 31.9 Å². The van der Waals surface area contributed by atoms with E-state index in [-0.39, 0.29) is 30.8 Å². The summed E-state index contributed by atoms with van der Waals surface area (Å²) in [5, 5.41) is 7.49. The number of ether oxygens (including phenoxy) is 11. The average Bonchev–Trinajstić information content (AvgIpc) is 3.84. The smallest absolute Gasteiger partial charge is 0.298 e. The highest BCUT2D eigenvalue weighted by molar-refractivity contribution is 7.80. The maximum Gasteiger partial charge on any atom is 0.298 e. The van der Waals surface area contributed by atoms with E-state index in [0.717, 1.165) is 55.1 Å². The zero-order valence-electron chi connectivity index (χ0n) is 47.3. The number of thiol groups is 1. The molecule has 1 fully saturated rings. The van der Waals surface area contributed by atoms with Gasteiger partial charge in [-0.2, -0.15) is 8.78 Å². The van der Waals surface area contributed by atoms with Crippen molar-refractivity contribution < 1.29 is 88.9 Å². The number of pyridine rings is 1. The van der Waals surface area contributed by atoms with E-state index >= 15 is 0 Å². The molecule has 2 aliphatic heterocycles. The highest BCUT2D eigenvalue weighted by Crippen LogP contribution is 2.31. The second kappa shape index (κ2) is 45.3. The first-order valence-electron chi connectivity index (χ1n) is 27.4. The molecule has 4 N–H and O–H groups in total. The molecule has 0 saturated carbocycles. The summed E-state index contributed by atoms with van der Waals surface area (Å²) < 4.78 is 108. The van der Waals surface area contributed by atoms with Gasteiger partial charge in [0, 0.05) is 79.8 Å². The highest BCUT2D eigenvalue weighted by Gasteiger charge is 2.23. The quantitative estimate of drug-likeness (QED) is 0.0126. The number of hydrogen-bond acceptors (Lipinski definition) is 20. The van der Waals surface area contributed by atoms with Gasteiger partial charge in [0.15, 0.2) is 11.6 Å². The van der Waals surface area contributed by atoms with Crippen LogP contribution in [-0.2, 0) is 66.6 Å². The van der Waals surface area contributed by atoms with Crippen molar-refractivity contribution >= 4 is 48.5 Å². The van der Waals surface area contributed by atoms with Crippen molar-refractivity contribution in [2.45, 2.75) is 51.3 Å². The number of hydroxylamine groups is 2. The molecule has 2 amide bonds. The number of halogens is 4. The summed E-state index contributed by atoms with van der Waals surface area (Å²) in [6.45, 7) is 19.9. The lowest BCUT2D eigenvalue weighted by molar-refractivity contribution is -0.180. The normalized spacial score (nSPS) is 12.8. The zero-order chi connectivity index (χ0) is 59.4. The monoisotopic (exact) mass is 1190 g/mol. The third-order valence-corrected chi connectivity index (χ3v) is 11.4. The number of nitrogens with one attached hydrogen (secondary N) is 2. The molecule has 5 rings (SSSR count). The lowest BCUT2D eigenvalue weighted by atomic mass is 10.0. The number of aliphatic imine (C=N–C) groups is 1. The number of carbonyl (C=O) groups is 3. The fraction of sp³-hybridized carbons (Fsp3) is 0.589. The van der Waals surface area contributed by atoms with Gasteiger partial charge in [-0.1, -0.05) is 26.0 Å². The van der Waals surface area contributed by atoms with Crippen LogP contribution in [0, 0.1) is 29.2 Å². The molecule has 0 aliphatic carbocycles. The van der Waals surface area contributed by atoms with Gasteiger partial charge in [-0.3, -0.25) is 24.2 Å². The molecule has 0 radical (unpaired) electrons. The summed E-state index contributed by atoms with van der Waals surface area (Å²) >= 11 is 4.39. The van der Waals surface area contributed by atoms with E-state index in [0.29, 0.717) is 174 Å². The number of hydrogen-bond donors (Lipinski definition) is 4. The van der Waals surface area contributed by atoms with E-state index < -0.39 is 29.0 Å². The molecule has 2 aliphatic rings. The lowest BCUT2D eigenvalue weighted by Crippen LogP contribution is -2.48. The Bertz CT molecular complexity index is 2300. The molecular weight excluding hydrogens is 1100 g/mol. The van der Waals surface area contributed by atoms with Crippen LogP contribution in [0.25, 0.3) is 17.2 Å². The molecule has 460 valence electrons. The summed E-state index contributed by atoms with van der Waals surface area (Å²) in [6.07, 6.45) is 5.97. The van der Waals surface area contributed by atoms with Gasteiger partial charge < -0.3 is 68.5 Å². The third kappa shape index (κ3) is 30.9. The Morgan fingerprint density at radius 2 is 1.20 bits per heavy atom. The second-order valence-electron chi connectivity index (χ2n) is 17.7. The van der Waals surface area contributed by atoms with E-state index in [1.807, 2.05) is 44.2 Å². The molecule has 1 saturated heterocycles. The van der Waals surface area contributed by atoms with Crippen LogP contribution in [0.2, 0.25) is 0 Å². The van der Waals surface area contributed by atoms with Crippen molar-refractivity contribution in [1.82, 2.24) is 20.7 Å². The molecule has 82 heavy (non-hydrogen) atoms. The fourth-order valence-electron chi connectivity index (χ4n) is 6.93. The number of nitrogens with zero attached hydrogens (tertiary/aromatic N) is 3. The first kappa shape index (κ1) is 71.1. The molecule has 0 atom stereocenters. The summed E-state index contributed by atoms with van der Waals surface area (Å²) in [4.78, 5) is 49.6. The van der Waals surface area contributed by atoms with Crippen LogP contribution in [0.15, 0.2) is 58.1 Å². The third-order valence-electron chi connectivity index (χ3n) is 11.1. The zero-order valence-corrected chi connectivity index (χ0v) is 48.2. The molecule has 26 heteroatoms. The van der Waals surface area contributed by atoms with Crippen LogP contribution < -0.4 is 21.1 Å². The van der Waals surface area contributed by atoms with Crippen molar-refractivity contribution in [2.24, 2.45) is 16.6 Å². The summed E-state index contributed by atoms with van der Waals surface area (Å²) in [7, 11) is 0. The van der Waals surface area contributed by atoms with Gasteiger partial charge >= 0.3 is 0 Å². The topological polar surface area (TPSA) is 241 Å². The number of carbonyl (C=O) groups excluding carboxylic acids is 3. The minimum atomic E-state index is -1.74. The van der Waals surface area contributed by atoms with Crippen molar-refractivity contribution in [2.75, 3.05) is 165 Å². The van der Waals surface area contributed by atoms with Gasteiger partial charge in [0.05, 0.1) is 144 Å². The first-order chi connectivity index (χ1) is 39.9. The molecular formula is C56H82F4N6O15S. The first-order valence-corrected chi connectivity index (χ1v) is 27.8. The fourth-order valence-corrected chi connectivity index (χ4v) is 7.15. The number of benzene rings is 2. The SMILES string of the molecule is CCCN(OCC)C(=O)C1=Cc2ncc(-c3cccc(S)c3)cc2N=C(N)C1.CCCOCCOCCOCCOCCOCCOCCOCCOCCOCCOCCC(=O)NCC1CNC1.O=COc1c(F)c(F)cc(F)c1F. The Hall–Kier alpha value is -5.20. The molecule has 0 spiro atoms. The van der Waals surface area contributed by atoms with Crippen LogP contribution in [-0.4, -0.2) is 199 Å². The molecule has 0 bridgehead atoms. The Balaban J connectivity index is 0.000000366. The number of amidine groups is 1. The van der Waals surface area contributed by atoms with E-state index in [1.165, 1.54) is 5.06 Å². The van der Waals surface area contributed by atoms with Crippen LogP contribution in [0.1, 0.15) is 52.1 Å². The van der Waals surface area contributed by atoms with Crippen LogP contribution in [0.4, 0.5) is 23.2 Å². The minimum absolute atomic E-state index is 0.0162. The lowest BCUT2D eigenvalue weighted by Gasteiger charge is -2.27. The molecule has 1 aromatic heterocycles. The predicted octanol–water partition coefficient (Wildman–Crippen LogP) is 6.07. The number of nitrogens with two attached hydrogens (primary N) is 1. The standard InChI is InChI=1S/C28H56N2O11.C21H24N4O2S.C7H2F4O2/c1-2-4-32-6-8-34-10-12-36-14-16-38-18-20-40-22-23-41-21-19-39-17-15-37-13-11-35-9-7-33-5-3-28(31)30-26-27-24-29-25-27;1-3-8-25(27-4-2)21(26)15-10-18-19(24-20(22)12-15)11-16(13-23-18)14-6-5-7-17(28)9-14;8-3-1-4(9)6(11)7(5(3)10)13-2-12/h27,29H,2-26H2,1H3,(H,30,31);5-7,9-11,13,28H,3-4,8,12H2,1-2H3,(H2,22,24);1-2H. The van der Waals surface area contributed by atoms with Gasteiger partial charge in [0.1, 0.15) is 5.84 Å². The number of fused-ring (bicyclic) bond motifs is 1. The Morgan fingerprint density at radius 1 is 0.695 bits per heavy atom. The van der Waals surface area contributed by atoms with Crippen LogP contribution in [0.5, 0.6) is 5.75 Å². The highest BCUT2D eigenvalue weighted by atomic mass is 32.1. The number of aromatic nitrogens is 1. The van der Waals surface area contributed by atoms with Gasteiger partial charge in [-0.05, 0) is 49.6 Å². The van der Waals surface area contributed by atoms with Gasteiger partial charge in [-0.25, -0.2) is 18.8 Å². The van der Waals surface area contributed by atoms with E-state index in [1.54, 1.807) is 12.3 Å². The van der Waals surface area contributed by atoms with Gasteiger partial charge in [0.25, 0.3) is 12.4 Å². The molecule has 21 nitrogen and oxygen atoms in total. The second-order valence-corrected chi connectivity index (χ2v) is 18.2. The maximum atomic E-state index is 12.9. The molecule has 3 heterocycles. The van der Waals surface area contributed by atoms with E-state index in [2.05, 4.69) is 44.9 Å². The van der Waals surface area contributed by atoms with E-state index in [4.69, 9.17) is 57.9 Å². The Labute approximate surface area is 483 Å². The van der Waals surface area contributed by atoms with Crippen molar-refractivity contribution in [3.63, 3.8) is 0 Å². The Kier molecular flexibility index (Phi) is 39.2. The largest absolute Gasteiger partial charge is 0.422 e. The number of rotatable bonds is 42. The molecule has 2 aromatic carbocycles. The Morgan fingerprint density at radius 3 is 1.63 bits per heavy atom. The summed E-state index contributed by atoms with van der Waals surface area (Å²) in [6, 6.07) is 9.75. The average molecular weight is 1190 g/mol. The minimum Gasteiger partial charge on any atom is -0.422 e. The van der Waals surface area contributed by atoms with Crippen LogP contribution >= 0.6 is 12.6 Å². The molecule has 3 aromatic rings. The summed E-state index contributed by atoms with van der Waals surface area (Å²) in [5.41, 5.74) is 9.77. The molecule has 0 unspecified atom stereocenters. The van der Waals surface area contributed by atoms with Crippen molar-refractivity contribution in [3.8, 4) is 16.9 Å². The summed E-state index contributed by atoms with van der Waals surface area (Å²) in [5.74, 6) is -7.36. The maximum absolute atomic E-state index is 12.9. The predicted molar refractivity (Wildman–Crippen MR) is 300 cm³/mol. The van der Waals surface area contributed by atoms with Crippen LogP contribution in [0.3, 0.4) is 0 Å². The number of amides is 2. The van der Waals surface area contributed by atoms with Gasteiger partial charge in [0.2, 0.25) is 23.3 Å².